The van der Waals surface area contributed by atoms with E-state index in [1.807, 2.05) is 36.2 Å². The van der Waals surface area contributed by atoms with E-state index in [4.69, 9.17) is 4.74 Å². The topological polar surface area (TPSA) is 29.5 Å². The second-order valence-electron chi connectivity index (χ2n) is 5.32. The zero-order valence-electron chi connectivity index (χ0n) is 11.9. The summed E-state index contributed by atoms with van der Waals surface area (Å²) in [5.74, 6) is 1.02. The van der Waals surface area contributed by atoms with Crippen molar-refractivity contribution >= 4 is 5.91 Å². The van der Waals surface area contributed by atoms with Gasteiger partial charge < -0.3 is 9.64 Å². The van der Waals surface area contributed by atoms with E-state index in [0.717, 1.165) is 24.2 Å². The van der Waals surface area contributed by atoms with Crippen molar-refractivity contribution in [3.05, 3.63) is 29.8 Å². The van der Waals surface area contributed by atoms with Crippen LogP contribution in [-0.2, 0) is 11.2 Å². The number of nitrogens with zero attached hydrogens (tertiary/aromatic N) is 1. The number of methoxy groups -OCH3 is 1. The average Bonchev–Trinajstić information content (AvgIpc) is 2.47. The molecule has 1 amide bonds. The highest BCUT2D eigenvalue weighted by Gasteiger charge is 2.21. The summed E-state index contributed by atoms with van der Waals surface area (Å²) in [5.41, 5.74) is 1.02. The fourth-order valence-corrected chi connectivity index (χ4v) is 2.75. The van der Waals surface area contributed by atoms with E-state index >= 15 is 0 Å². The van der Waals surface area contributed by atoms with Crippen LogP contribution in [0.5, 0.6) is 5.75 Å². The van der Waals surface area contributed by atoms with E-state index in [9.17, 15) is 4.79 Å². The van der Waals surface area contributed by atoms with Gasteiger partial charge in [0.25, 0.3) is 0 Å². The van der Waals surface area contributed by atoms with Crippen LogP contribution in [0, 0.1) is 0 Å². The molecule has 3 heteroatoms. The van der Waals surface area contributed by atoms with Crippen molar-refractivity contribution in [3.8, 4) is 5.75 Å². The summed E-state index contributed by atoms with van der Waals surface area (Å²) in [4.78, 5) is 14.2. The minimum absolute atomic E-state index is 0.208. The molecule has 104 valence electrons. The van der Waals surface area contributed by atoms with Crippen molar-refractivity contribution in [1.82, 2.24) is 4.90 Å². The van der Waals surface area contributed by atoms with Crippen molar-refractivity contribution in [3.63, 3.8) is 0 Å². The summed E-state index contributed by atoms with van der Waals surface area (Å²) < 4.78 is 5.19. The minimum Gasteiger partial charge on any atom is -0.497 e. The molecular formula is C16H23NO2. The zero-order chi connectivity index (χ0) is 13.7. The first-order valence-electron chi connectivity index (χ1n) is 7.09. The maximum Gasteiger partial charge on any atom is 0.226 e. The Morgan fingerprint density at radius 1 is 1.32 bits per heavy atom. The van der Waals surface area contributed by atoms with Gasteiger partial charge in [-0.1, -0.05) is 31.4 Å². The van der Waals surface area contributed by atoms with Crippen LogP contribution >= 0.6 is 0 Å². The molecule has 0 saturated heterocycles. The van der Waals surface area contributed by atoms with E-state index in [1.165, 1.54) is 19.3 Å². The first kappa shape index (κ1) is 13.9. The van der Waals surface area contributed by atoms with Gasteiger partial charge in [0.2, 0.25) is 5.91 Å². The van der Waals surface area contributed by atoms with E-state index in [0.29, 0.717) is 12.5 Å². The molecule has 1 aliphatic carbocycles. The summed E-state index contributed by atoms with van der Waals surface area (Å²) in [7, 11) is 3.59. The second kappa shape index (κ2) is 6.60. The lowest BCUT2D eigenvalue weighted by atomic mass is 9.94. The molecule has 0 atom stereocenters. The van der Waals surface area contributed by atoms with E-state index in [2.05, 4.69) is 0 Å². The molecule has 3 nitrogen and oxygen atoms in total. The molecule has 1 aromatic rings. The van der Waals surface area contributed by atoms with Crippen LogP contribution in [0.25, 0.3) is 0 Å². The van der Waals surface area contributed by atoms with Crippen LogP contribution in [0.4, 0.5) is 0 Å². The Morgan fingerprint density at radius 2 is 2.05 bits per heavy atom. The second-order valence-corrected chi connectivity index (χ2v) is 5.32. The molecule has 1 aromatic carbocycles. The fraction of sp³-hybridized carbons (Fsp3) is 0.562. The van der Waals surface area contributed by atoms with Crippen LogP contribution in [-0.4, -0.2) is 31.0 Å². The molecule has 1 saturated carbocycles. The van der Waals surface area contributed by atoms with Crippen molar-refractivity contribution in [2.24, 2.45) is 0 Å². The van der Waals surface area contributed by atoms with Gasteiger partial charge in [0.15, 0.2) is 0 Å². The Labute approximate surface area is 115 Å². The van der Waals surface area contributed by atoms with Crippen molar-refractivity contribution in [1.29, 1.82) is 0 Å². The van der Waals surface area contributed by atoms with Gasteiger partial charge in [-0.05, 0) is 30.5 Å². The fourth-order valence-electron chi connectivity index (χ4n) is 2.75. The predicted octanol–water partition coefficient (Wildman–Crippen LogP) is 3.03. The molecule has 0 aliphatic heterocycles. The van der Waals surface area contributed by atoms with Gasteiger partial charge >= 0.3 is 0 Å². The number of ether oxygens (including phenoxy) is 1. The van der Waals surface area contributed by atoms with E-state index < -0.39 is 0 Å². The van der Waals surface area contributed by atoms with E-state index in [-0.39, 0.29) is 5.91 Å². The van der Waals surface area contributed by atoms with Crippen LogP contribution in [0.1, 0.15) is 37.7 Å². The summed E-state index contributed by atoms with van der Waals surface area (Å²) in [5, 5.41) is 0. The van der Waals surface area contributed by atoms with Crippen LogP contribution in [0.15, 0.2) is 24.3 Å². The van der Waals surface area contributed by atoms with Crippen molar-refractivity contribution < 1.29 is 9.53 Å². The Kier molecular flexibility index (Phi) is 4.83. The smallest absolute Gasteiger partial charge is 0.226 e. The number of carbonyl (C=O) groups is 1. The summed E-state index contributed by atoms with van der Waals surface area (Å²) in [6.07, 6.45) is 6.59. The molecule has 0 spiro atoms. The molecule has 2 rings (SSSR count). The molecular weight excluding hydrogens is 238 g/mol. The van der Waals surface area contributed by atoms with Gasteiger partial charge in [-0.3, -0.25) is 4.79 Å². The SMILES string of the molecule is COc1cccc(CC(=O)N(C)C2CCCCC2)c1. The number of benzene rings is 1. The Morgan fingerprint density at radius 3 is 2.74 bits per heavy atom. The van der Waals surface area contributed by atoms with Crippen LogP contribution < -0.4 is 4.74 Å². The zero-order valence-corrected chi connectivity index (χ0v) is 11.9. The molecule has 0 unspecified atom stereocenters. The molecule has 1 aliphatic rings. The highest BCUT2D eigenvalue weighted by atomic mass is 16.5. The molecule has 19 heavy (non-hydrogen) atoms. The molecule has 0 bridgehead atoms. The lowest BCUT2D eigenvalue weighted by Gasteiger charge is -2.31. The van der Waals surface area contributed by atoms with Gasteiger partial charge in [0.05, 0.1) is 13.5 Å². The third kappa shape index (κ3) is 3.72. The van der Waals surface area contributed by atoms with Gasteiger partial charge in [-0.15, -0.1) is 0 Å². The van der Waals surface area contributed by atoms with Crippen molar-refractivity contribution in [2.75, 3.05) is 14.2 Å². The summed E-state index contributed by atoms with van der Waals surface area (Å²) >= 11 is 0. The van der Waals surface area contributed by atoms with Gasteiger partial charge in [-0.2, -0.15) is 0 Å². The first-order chi connectivity index (χ1) is 9.20. The number of amides is 1. The summed E-state index contributed by atoms with van der Waals surface area (Å²) in [6.45, 7) is 0. The maximum atomic E-state index is 12.3. The van der Waals surface area contributed by atoms with Gasteiger partial charge in [0, 0.05) is 13.1 Å². The number of likely N-dealkylation sites (N-methyl/N-ethyl adjacent to an activating group) is 1. The minimum atomic E-state index is 0.208. The normalized spacial score (nSPS) is 16.1. The predicted molar refractivity (Wildman–Crippen MR) is 76.3 cm³/mol. The standard InChI is InChI=1S/C16H23NO2/c1-17(14-8-4-3-5-9-14)16(18)12-13-7-6-10-15(11-13)19-2/h6-7,10-11,14H,3-5,8-9,12H2,1-2H3. The van der Waals surface area contributed by atoms with Crippen LogP contribution in [0.3, 0.4) is 0 Å². The van der Waals surface area contributed by atoms with Gasteiger partial charge in [-0.25, -0.2) is 0 Å². The molecule has 0 radical (unpaired) electrons. The lowest BCUT2D eigenvalue weighted by molar-refractivity contribution is -0.131. The van der Waals surface area contributed by atoms with E-state index in [1.54, 1.807) is 7.11 Å². The number of rotatable bonds is 4. The number of hydrogen-bond acceptors (Lipinski definition) is 2. The highest BCUT2D eigenvalue weighted by molar-refractivity contribution is 5.79. The van der Waals surface area contributed by atoms with Crippen molar-refractivity contribution in [2.45, 2.75) is 44.6 Å². The molecule has 1 fully saturated rings. The Hall–Kier alpha value is -1.51. The first-order valence-corrected chi connectivity index (χ1v) is 7.09. The highest BCUT2D eigenvalue weighted by Crippen LogP contribution is 2.22. The quantitative estimate of drug-likeness (QED) is 0.833. The molecule has 0 heterocycles. The molecule has 0 N–H and O–H groups in total. The van der Waals surface area contributed by atoms with Crippen LogP contribution in [0.2, 0.25) is 0 Å². The molecule has 0 aromatic heterocycles. The third-order valence-corrected chi connectivity index (χ3v) is 4.01. The Bertz CT molecular complexity index is 425. The average molecular weight is 261 g/mol. The number of hydrogen-bond donors (Lipinski definition) is 0. The summed E-state index contributed by atoms with van der Waals surface area (Å²) in [6, 6.07) is 8.19. The van der Waals surface area contributed by atoms with Gasteiger partial charge in [0.1, 0.15) is 5.75 Å². The maximum absolute atomic E-state index is 12.3. The number of carbonyl (C=O) groups excluding carboxylic acids is 1. The lowest BCUT2D eigenvalue weighted by Crippen LogP contribution is -2.39. The monoisotopic (exact) mass is 261 g/mol. The Balaban J connectivity index is 1.95. The largest absolute Gasteiger partial charge is 0.497 e. The third-order valence-electron chi connectivity index (χ3n) is 4.01.